The molecule has 4 aromatic heterocycles. The molecule has 310 valence electrons. The number of phenolic OH excluding ortho intramolecular Hbond substituents is 1. The van der Waals surface area contributed by atoms with Crippen molar-refractivity contribution in [1.82, 2.24) is 14.5 Å². The van der Waals surface area contributed by atoms with Gasteiger partial charge in [0.25, 0.3) is 0 Å². The van der Waals surface area contributed by atoms with Crippen LogP contribution in [0.25, 0.3) is 106 Å². The van der Waals surface area contributed by atoms with Gasteiger partial charge in [-0.1, -0.05) is 119 Å². The van der Waals surface area contributed by atoms with E-state index in [1.807, 2.05) is 30.3 Å². The summed E-state index contributed by atoms with van der Waals surface area (Å²) in [7, 11) is 0. The Morgan fingerprint density at radius 1 is 0.531 bits per heavy atom. The number of para-hydroxylation sites is 1. The van der Waals surface area contributed by atoms with E-state index in [0.29, 0.717) is 11.8 Å². The fourth-order valence-electron chi connectivity index (χ4n) is 9.82. The third-order valence-electron chi connectivity index (χ3n) is 13.2. The Hall–Kier alpha value is -7.70. The van der Waals surface area contributed by atoms with Crippen LogP contribution in [0.4, 0.5) is 0 Å². The number of pyridine rings is 1. The molecule has 1 aliphatic carbocycles. The van der Waals surface area contributed by atoms with Crippen LogP contribution >= 0.6 is 0 Å². The van der Waals surface area contributed by atoms with Crippen LogP contribution < -0.4 is 0 Å². The summed E-state index contributed by atoms with van der Waals surface area (Å²) in [4.78, 5) is 11.1. The molecule has 1 aliphatic rings. The number of benzene rings is 7. The molecule has 0 saturated carbocycles. The van der Waals surface area contributed by atoms with Crippen LogP contribution in [0.1, 0.15) is 61.8 Å². The minimum atomic E-state index is 0.233. The lowest BCUT2D eigenvalue weighted by atomic mass is 9.84. The second kappa shape index (κ2) is 14.7. The lowest BCUT2D eigenvalue weighted by Gasteiger charge is -2.23. The number of nitrogens with zero attached hydrogens (tertiary/aromatic N) is 3. The average Bonchev–Trinajstić information content (AvgIpc) is 4.05. The van der Waals surface area contributed by atoms with Crippen molar-refractivity contribution in [3.05, 3.63) is 180 Å². The molecule has 64 heavy (non-hydrogen) atoms. The molecule has 6 nitrogen and oxygen atoms in total. The van der Waals surface area contributed by atoms with E-state index in [-0.39, 0.29) is 5.75 Å². The number of hydrogen-bond acceptors (Lipinski definition) is 5. The Balaban J connectivity index is 1.13. The summed E-state index contributed by atoms with van der Waals surface area (Å²) in [5.74, 6) is 1.67. The first-order chi connectivity index (χ1) is 31.3. The molecular weight excluding hydrogens is 787 g/mol. The average molecular weight is 832 g/mol. The Morgan fingerprint density at radius 2 is 1.22 bits per heavy atom. The maximum atomic E-state index is 11.5. The minimum Gasteiger partial charge on any atom is -0.507 e. The van der Waals surface area contributed by atoms with E-state index in [2.05, 4.69) is 154 Å². The van der Waals surface area contributed by atoms with Crippen molar-refractivity contribution in [2.75, 3.05) is 0 Å². The van der Waals surface area contributed by atoms with E-state index in [1.165, 1.54) is 11.1 Å². The monoisotopic (exact) mass is 831 g/mol. The van der Waals surface area contributed by atoms with E-state index < -0.39 is 0 Å². The number of furan rings is 2. The first kappa shape index (κ1) is 38.0. The summed E-state index contributed by atoms with van der Waals surface area (Å²) in [6.45, 7) is 9.01. The van der Waals surface area contributed by atoms with Crippen LogP contribution in [0.5, 0.6) is 5.75 Å². The van der Waals surface area contributed by atoms with Gasteiger partial charge >= 0.3 is 0 Å². The van der Waals surface area contributed by atoms with Crippen molar-refractivity contribution in [3.63, 3.8) is 0 Å². The maximum Gasteiger partial charge on any atom is 0.146 e. The van der Waals surface area contributed by atoms with Crippen molar-refractivity contribution in [2.24, 2.45) is 0 Å². The highest BCUT2D eigenvalue weighted by atomic mass is 16.3. The van der Waals surface area contributed by atoms with Crippen molar-refractivity contribution in [2.45, 2.75) is 52.4 Å². The molecule has 1 N–H and O–H groups in total. The Labute approximate surface area is 371 Å². The van der Waals surface area contributed by atoms with Gasteiger partial charge in [-0.3, -0.25) is 4.57 Å². The first-order valence-corrected chi connectivity index (χ1v) is 22.3. The number of aryl methyl sites for hydroxylation is 1. The third kappa shape index (κ3) is 6.16. The second-order valence-electron chi connectivity index (χ2n) is 17.8. The molecule has 0 saturated heterocycles. The molecule has 0 amide bonds. The molecule has 4 heterocycles. The quantitative estimate of drug-likeness (QED) is 0.173. The van der Waals surface area contributed by atoms with Gasteiger partial charge in [-0.15, -0.1) is 0 Å². The smallest absolute Gasteiger partial charge is 0.146 e. The summed E-state index contributed by atoms with van der Waals surface area (Å²) < 4.78 is 15.1. The molecule has 0 bridgehead atoms. The molecule has 12 rings (SSSR count). The number of fused-ring (bicyclic) bond motifs is 9. The van der Waals surface area contributed by atoms with Gasteiger partial charge in [0.2, 0.25) is 0 Å². The standard InChI is InChI=1S/C58H45N3O3/c1-33(2)39-26-40(34(3)4)28-41(27-39)61-32-49(60-58(61)44-16-11-19-54-56(44)47-29-37(21-24-53(47)64-54)35-12-6-5-7-13-35)48-31-45(43-23-20-36-14-10-17-50(62)55(36)57(43)59-48)38-22-25-52-46(30-38)42-15-8-9-18-51(42)63-52/h5-19,21-22,24-34,62H,20,23H2,1-4H3. The van der Waals surface area contributed by atoms with E-state index in [0.717, 1.165) is 130 Å². The maximum absolute atomic E-state index is 11.5. The number of phenols is 1. The summed E-state index contributed by atoms with van der Waals surface area (Å²) in [6.07, 6.45) is 3.74. The molecular formula is C58H45N3O3. The summed E-state index contributed by atoms with van der Waals surface area (Å²) >= 11 is 0. The molecule has 0 spiro atoms. The zero-order valence-corrected chi connectivity index (χ0v) is 36.2. The number of hydrogen-bond donors (Lipinski definition) is 1. The molecule has 0 atom stereocenters. The van der Waals surface area contributed by atoms with Gasteiger partial charge in [0.1, 0.15) is 39.6 Å². The van der Waals surface area contributed by atoms with E-state index in [4.69, 9.17) is 18.8 Å². The fourth-order valence-corrected chi connectivity index (χ4v) is 9.82. The van der Waals surface area contributed by atoms with Gasteiger partial charge in [-0.05, 0) is 130 Å². The lowest BCUT2D eigenvalue weighted by molar-refractivity contribution is 0.476. The van der Waals surface area contributed by atoms with Gasteiger partial charge in [0.15, 0.2) is 0 Å². The Morgan fingerprint density at radius 3 is 2.03 bits per heavy atom. The zero-order valence-electron chi connectivity index (χ0n) is 36.2. The largest absolute Gasteiger partial charge is 0.507 e. The van der Waals surface area contributed by atoms with E-state index in [1.54, 1.807) is 6.07 Å². The van der Waals surface area contributed by atoms with E-state index in [9.17, 15) is 5.11 Å². The summed E-state index contributed by atoms with van der Waals surface area (Å²) in [6, 6.07) is 52.8. The predicted octanol–water partition coefficient (Wildman–Crippen LogP) is 15.5. The van der Waals surface area contributed by atoms with Crippen LogP contribution in [0.3, 0.4) is 0 Å². The number of aromatic hydroxyl groups is 1. The highest BCUT2D eigenvalue weighted by Crippen LogP contribution is 2.46. The topological polar surface area (TPSA) is 77.2 Å². The number of rotatable bonds is 7. The summed E-state index contributed by atoms with van der Waals surface area (Å²) in [5.41, 5.74) is 17.5. The van der Waals surface area contributed by atoms with Gasteiger partial charge in [0, 0.05) is 44.6 Å². The SMILES string of the molecule is CC(C)c1cc(C(C)C)cc(-n2cc(-c3cc(-c4ccc5oc6ccccc6c5c4)c4c(n3)-c3c(O)cccc3CC4)nc2-c2cccc3oc4ccc(-c5ccccc5)cc4c23)c1. The number of aromatic nitrogens is 3. The summed E-state index contributed by atoms with van der Waals surface area (Å²) in [5, 5.41) is 15.7. The van der Waals surface area contributed by atoms with Gasteiger partial charge in [-0.2, -0.15) is 0 Å². The molecule has 7 aromatic carbocycles. The number of imidazole rings is 1. The highest BCUT2D eigenvalue weighted by molar-refractivity contribution is 6.13. The zero-order chi connectivity index (χ0) is 43.2. The van der Waals surface area contributed by atoms with Gasteiger partial charge in [-0.25, -0.2) is 9.97 Å². The molecule has 0 unspecified atom stereocenters. The highest BCUT2D eigenvalue weighted by Gasteiger charge is 2.27. The lowest BCUT2D eigenvalue weighted by Crippen LogP contribution is -2.09. The molecule has 0 aliphatic heterocycles. The predicted molar refractivity (Wildman–Crippen MR) is 260 cm³/mol. The molecule has 0 radical (unpaired) electrons. The van der Waals surface area contributed by atoms with Crippen LogP contribution in [-0.2, 0) is 12.8 Å². The van der Waals surface area contributed by atoms with Gasteiger partial charge in [0.05, 0.1) is 11.4 Å². The molecule has 11 aromatic rings. The van der Waals surface area contributed by atoms with Gasteiger partial charge < -0.3 is 13.9 Å². The van der Waals surface area contributed by atoms with Crippen LogP contribution in [-0.4, -0.2) is 19.6 Å². The van der Waals surface area contributed by atoms with Crippen LogP contribution in [0.2, 0.25) is 0 Å². The minimum absolute atomic E-state index is 0.233. The fraction of sp³-hybridized carbons (Fsp3) is 0.138. The van der Waals surface area contributed by atoms with Crippen molar-refractivity contribution in [1.29, 1.82) is 0 Å². The Bertz CT molecular complexity index is 3620. The Kier molecular flexibility index (Phi) is 8.73. The van der Waals surface area contributed by atoms with Crippen LogP contribution in [0, 0.1) is 0 Å². The van der Waals surface area contributed by atoms with E-state index >= 15 is 0 Å². The van der Waals surface area contributed by atoms with Crippen molar-refractivity contribution < 1.29 is 13.9 Å². The van der Waals surface area contributed by atoms with Crippen molar-refractivity contribution >= 4 is 43.9 Å². The molecule has 6 heteroatoms. The van der Waals surface area contributed by atoms with Crippen molar-refractivity contribution in [3.8, 4) is 67.7 Å². The third-order valence-corrected chi connectivity index (χ3v) is 13.2. The first-order valence-electron chi connectivity index (χ1n) is 22.3. The normalized spacial score (nSPS) is 12.6. The molecule has 0 fully saturated rings. The second-order valence-corrected chi connectivity index (χ2v) is 17.8. The van der Waals surface area contributed by atoms with Crippen LogP contribution in [0.15, 0.2) is 167 Å².